The van der Waals surface area contributed by atoms with Gasteiger partial charge < -0.3 is 0 Å². The number of hydrogen-bond acceptors (Lipinski definition) is 0. The Bertz CT molecular complexity index is 229. The molecule has 10 heavy (non-hydrogen) atoms. The van der Waals surface area contributed by atoms with E-state index in [9.17, 15) is 4.39 Å². The number of rotatable bonds is 0. The molecule has 1 aromatic carbocycles. The quantitative estimate of drug-likeness (QED) is 0.543. The summed E-state index contributed by atoms with van der Waals surface area (Å²) >= 11 is 5.59. The monoisotopic (exact) mass is 157 g/mol. The molecule has 0 saturated heterocycles. The van der Waals surface area contributed by atoms with Gasteiger partial charge in [0.15, 0.2) is 0 Å². The van der Waals surface area contributed by atoms with Crippen molar-refractivity contribution in [1.82, 2.24) is 0 Å². The van der Waals surface area contributed by atoms with Crippen LogP contribution in [0.25, 0.3) is 0 Å². The highest BCUT2D eigenvalue weighted by atomic mass is 35.5. The summed E-state index contributed by atoms with van der Waals surface area (Å²) in [5, 5.41) is 0.364. The number of hydrogen-bond donors (Lipinski definition) is 0. The molecular formula is C8H7ClF. The van der Waals surface area contributed by atoms with Crippen LogP contribution in [0.15, 0.2) is 6.07 Å². The summed E-state index contributed by atoms with van der Waals surface area (Å²) in [5.41, 5.74) is 1.06. The predicted molar refractivity (Wildman–Crippen MR) is 39.7 cm³/mol. The van der Waals surface area contributed by atoms with Crippen LogP contribution in [0.5, 0.6) is 0 Å². The van der Waals surface area contributed by atoms with E-state index in [0.717, 1.165) is 0 Å². The van der Waals surface area contributed by atoms with E-state index in [1.807, 2.05) is 0 Å². The minimum atomic E-state index is -0.233. The highest BCUT2D eigenvalue weighted by molar-refractivity contribution is 6.31. The largest absolute Gasteiger partial charge is 0.206 e. The van der Waals surface area contributed by atoms with E-state index in [0.29, 0.717) is 16.1 Å². The maximum Gasteiger partial charge on any atom is 0.130 e. The van der Waals surface area contributed by atoms with Crippen LogP contribution in [0.2, 0.25) is 5.02 Å². The molecule has 0 unspecified atom stereocenters. The summed E-state index contributed by atoms with van der Waals surface area (Å²) < 4.78 is 12.9. The molecule has 1 radical (unpaired) electrons. The van der Waals surface area contributed by atoms with Gasteiger partial charge in [0.1, 0.15) is 5.82 Å². The molecule has 2 heteroatoms. The van der Waals surface area contributed by atoms with Crippen LogP contribution < -0.4 is 0 Å². The van der Waals surface area contributed by atoms with Crippen molar-refractivity contribution in [3.8, 4) is 0 Å². The molecule has 0 aromatic heterocycles. The Morgan fingerprint density at radius 3 is 2.60 bits per heavy atom. The van der Waals surface area contributed by atoms with Crippen LogP contribution in [0, 0.1) is 25.7 Å². The van der Waals surface area contributed by atoms with E-state index in [4.69, 9.17) is 11.6 Å². The number of benzene rings is 1. The summed E-state index contributed by atoms with van der Waals surface area (Å²) in [4.78, 5) is 0. The van der Waals surface area contributed by atoms with Gasteiger partial charge in [-0.2, -0.15) is 0 Å². The Morgan fingerprint density at radius 2 is 2.10 bits per heavy atom. The Morgan fingerprint density at radius 1 is 1.50 bits per heavy atom. The zero-order valence-electron chi connectivity index (χ0n) is 5.83. The first-order chi connectivity index (χ1) is 4.63. The predicted octanol–water partition coefficient (Wildman–Crippen LogP) is 2.90. The lowest BCUT2D eigenvalue weighted by atomic mass is 10.1. The fourth-order valence-electron chi connectivity index (χ4n) is 0.735. The maximum absolute atomic E-state index is 12.9. The fourth-order valence-corrected chi connectivity index (χ4v) is 0.873. The molecule has 1 rings (SSSR count). The molecule has 0 spiro atoms. The van der Waals surface area contributed by atoms with Crippen molar-refractivity contribution in [2.45, 2.75) is 13.8 Å². The molecular weight excluding hydrogens is 151 g/mol. The molecule has 0 aliphatic rings. The van der Waals surface area contributed by atoms with Gasteiger partial charge in [-0.3, -0.25) is 0 Å². The highest BCUT2D eigenvalue weighted by Gasteiger charge is 2.03. The van der Waals surface area contributed by atoms with Crippen molar-refractivity contribution in [3.05, 3.63) is 34.1 Å². The molecule has 0 bridgehead atoms. The van der Waals surface area contributed by atoms with Gasteiger partial charge in [-0.1, -0.05) is 11.6 Å². The third-order valence-electron chi connectivity index (χ3n) is 1.42. The van der Waals surface area contributed by atoms with Gasteiger partial charge in [0.25, 0.3) is 0 Å². The van der Waals surface area contributed by atoms with Gasteiger partial charge >= 0.3 is 0 Å². The van der Waals surface area contributed by atoms with Crippen LogP contribution >= 0.6 is 11.6 Å². The molecule has 0 fully saturated rings. The van der Waals surface area contributed by atoms with Gasteiger partial charge in [-0.25, -0.2) is 4.39 Å². The van der Waals surface area contributed by atoms with Crippen LogP contribution in [-0.2, 0) is 0 Å². The zero-order chi connectivity index (χ0) is 7.72. The molecule has 0 N–H and O–H groups in total. The van der Waals surface area contributed by atoms with Crippen molar-refractivity contribution in [2.24, 2.45) is 0 Å². The van der Waals surface area contributed by atoms with Gasteiger partial charge in [0.2, 0.25) is 0 Å². The molecule has 0 aliphatic heterocycles. The van der Waals surface area contributed by atoms with Crippen molar-refractivity contribution >= 4 is 11.6 Å². The van der Waals surface area contributed by atoms with E-state index in [-0.39, 0.29) is 5.82 Å². The third kappa shape index (κ3) is 1.14. The number of aryl methyl sites for hydroxylation is 1. The lowest BCUT2D eigenvalue weighted by molar-refractivity contribution is 0.609. The third-order valence-corrected chi connectivity index (χ3v) is 1.81. The second-order valence-corrected chi connectivity index (χ2v) is 2.60. The zero-order valence-corrected chi connectivity index (χ0v) is 6.59. The summed E-state index contributed by atoms with van der Waals surface area (Å²) in [5.74, 6) is -0.233. The van der Waals surface area contributed by atoms with Gasteiger partial charge in [0, 0.05) is 11.6 Å². The first kappa shape index (κ1) is 7.55. The number of halogens is 2. The Hall–Kier alpha value is -0.560. The first-order valence-corrected chi connectivity index (χ1v) is 3.33. The molecule has 0 saturated carbocycles. The molecule has 0 aliphatic carbocycles. The van der Waals surface area contributed by atoms with Gasteiger partial charge in [0.05, 0.1) is 5.02 Å². The standard InChI is InChI=1S/C8H7ClF/c1-5-3-4-7(9)6(2)8(5)10/h3H,1-2H3. The topological polar surface area (TPSA) is 0 Å². The normalized spacial score (nSPS) is 10.0. The molecule has 0 heterocycles. The fraction of sp³-hybridized carbons (Fsp3) is 0.250. The van der Waals surface area contributed by atoms with E-state index in [1.165, 1.54) is 0 Å². The average molecular weight is 158 g/mol. The van der Waals surface area contributed by atoms with Crippen molar-refractivity contribution in [2.75, 3.05) is 0 Å². The maximum atomic E-state index is 12.9. The van der Waals surface area contributed by atoms with Crippen molar-refractivity contribution in [1.29, 1.82) is 0 Å². The van der Waals surface area contributed by atoms with Crippen molar-refractivity contribution < 1.29 is 4.39 Å². The van der Waals surface area contributed by atoms with Gasteiger partial charge in [-0.05, 0) is 25.5 Å². The van der Waals surface area contributed by atoms with E-state index >= 15 is 0 Å². The van der Waals surface area contributed by atoms with Crippen LogP contribution in [0.4, 0.5) is 4.39 Å². The second-order valence-electron chi connectivity index (χ2n) is 2.22. The summed E-state index contributed by atoms with van der Waals surface area (Å²) in [6, 6.07) is 4.28. The first-order valence-electron chi connectivity index (χ1n) is 2.96. The van der Waals surface area contributed by atoms with E-state index in [1.54, 1.807) is 19.9 Å². The molecule has 1 aromatic rings. The minimum Gasteiger partial charge on any atom is -0.206 e. The van der Waals surface area contributed by atoms with Crippen LogP contribution in [-0.4, -0.2) is 0 Å². The van der Waals surface area contributed by atoms with Crippen molar-refractivity contribution in [3.63, 3.8) is 0 Å². The Balaban J connectivity index is 3.34. The summed E-state index contributed by atoms with van der Waals surface area (Å²) in [6.45, 7) is 3.33. The smallest absolute Gasteiger partial charge is 0.130 e. The van der Waals surface area contributed by atoms with Gasteiger partial charge in [-0.15, -0.1) is 0 Å². The molecule has 0 nitrogen and oxygen atoms in total. The second kappa shape index (κ2) is 2.59. The molecule has 53 valence electrons. The Kier molecular flexibility index (Phi) is 1.95. The lowest BCUT2D eigenvalue weighted by Crippen LogP contribution is -1.87. The van der Waals surface area contributed by atoms with E-state index < -0.39 is 0 Å². The minimum absolute atomic E-state index is 0.233. The SMILES string of the molecule is Cc1c[c]c(Cl)c(C)c1F. The van der Waals surface area contributed by atoms with Crippen LogP contribution in [0.1, 0.15) is 11.1 Å². The summed E-state index contributed by atoms with van der Waals surface area (Å²) in [6.07, 6.45) is 0. The average Bonchev–Trinajstić information content (AvgIpc) is 1.93. The lowest BCUT2D eigenvalue weighted by Gasteiger charge is -2.00. The van der Waals surface area contributed by atoms with Crippen LogP contribution in [0.3, 0.4) is 0 Å². The molecule has 0 atom stereocenters. The summed E-state index contributed by atoms with van der Waals surface area (Å²) in [7, 11) is 0. The molecule has 0 amide bonds. The van der Waals surface area contributed by atoms with E-state index in [2.05, 4.69) is 6.07 Å². The Labute approximate surface area is 64.6 Å². The highest BCUT2D eigenvalue weighted by Crippen LogP contribution is 2.19.